The number of nitro benzene ring substituents is 1. The van der Waals surface area contributed by atoms with Crippen LogP contribution in [0.5, 0.6) is 5.75 Å². The van der Waals surface area contributed by atoms with Crippen molar-refractivity contribution < 1.29 is 19.2 Å². The topological polar surface area (TPSA) is 111 Å². The highest BCUT2D eigenvalue weighted by atomic mass is 16.6. The third-order valence-electron chi connectivity index (χ3n) is 4.19. The molecular formula is C22H25N3O5. The Morgan fingerprint density at radius 3 is 2.53 bits per heavy atom. The zero-order valence-corrected chi connectivity index (χ0v) is 16.8. The molecule has 0 bridgehead atoms. The second kappa shape index (κ2) is 12.0. The number of non-ortho nitro benzene ring substituents is 1. The second-order valence-electron chi connectivity index (χ2n) is 6.56. The standard InChI is InChI=1S/C22H25N3O5/c1-2-3-4-5-15-30-20-12-10-18(11-13-20)22(27)24-23-21(26)14-9-17-7-6-8-19(16-17)25(28)29/h6-14,16H,2-5,15H2,1H3,(H,23,26)(H,24,27)/b14-9+. The minimum absolute atomic E-state index is 0.0701. The fraction of sp³-hybridized carbons (Fsp3) is 0.273. The van der Waals surface area contributed by atoms with E-state index in [9.17, 15) is 19.7 Å². The zero-order valence-electron chi connectivity index (χ0n) is 16.8. The van der Waals surface area contributed by atoms with Crippen LogP contribution in [-0.4, -0.2) is 23.3 Å². The van der Waals surface area contributed by atoms with Crippen LogP contribution in [0.2, 0.25) is 0 Å². The number of carbonyl (C=O) groups excluding carboxylic acids is 2. The summed E-state index contributed by atoms with van der Waals surface area (Å²) in [6.07, 6.45) is 7.08. The van der Waals surface area contributed by atoms with Crippen LogP contribution < -0.4 is 15.6 Å². The third kappa shape index (κ3) is 7.75. The molecule has 2 amide bonds. The molecular weight excluding hydrogens is 386 g/mol. The number of nitrogens with zero attached hydrogens (tertiary/aromatic N) is 1. The summed E-state index contributed by atoms with van der Waals surface area (Å²) in [7, 11) is 0. The Kier molecular flexibility index (Phi) is 9.05. The molecule has 0 aliphatic carbocycles. The van der Waals surface area contributed by atoms with Crippen LogP contribution in [0.3, 0.4) is 0 Å². The average Bonchev–Trinajstić information content (AvgIpc) is 2.76. The molecule has 2 aromatic rings. The van der Waals surface area contributed by atoms with Crippen molar-refractivity contribution in [1.82, 2.24) is 10.9 Å². The number of hydrogen-bond acceptors (Lipinski definition) is 5. The number of rotatable bonds is 10. The maximum Gasteiger partial charge on any atom is 0.270 e. The summed E-state index contributed by atoms with van der Waals surface area (Å²) >= 11 is 0. The largest absolute Gasteiger partial charge is 0.494 e. The minimum Gasteiger partial charge on any atom is -0.494 e. The number of benzene rings is 2. The van der Waals surface area contributed by atoms with E-state index in [1.165, 1.54) is 43.2 Å². The Bertz CT molecular complexity index is 894. The summed E-state index contributed by atoms with van der Waals surface area (Å²) in [4.78, 5) is 34.2. The fourth-order valence-corrected chi connectivity index (χ4v) is 2.57. The number of nitrogens with one attached hydrogen (secondary N) is 2. The Morgan fingerprint density at radius 1 is 1.07 bits per heavy atom. The van der Waals surface area contributed by atoms with E-state index in [0.717, 1.165) is 12.8 Å². The minimum atomic E-state index is -0.568. The maximum absolute atomic E-state index is 12.1. The van der Waals surface area contributed by atoms with Crippen LogP contribution in [0, 0.1) is 10.1 Å². The first kappa shape index (κ1) is 22.6. The SMILES string of the molecule is CCCCCCOc1ccc(C(=O)NNC(=O)/C=C/c2cccc([N+](=O)[O-])c2)cc1. The number of unbranched alkanes of at least 4 members (excludes halogenated alkanes) is 3. The Labute approximate surface area is 175 Å². The molecule has 158 valence electrons. The van der Waals surface area contributed by atoms with Gasteiger partial charge in [-0.3, -0.25) is 30.6 Å². The number of amides is 2. The third-order valence-corrected chi connectivity index (χ3v) is 4.19. The number of carbonyl (C=O) groups is 2. The molecule has 2 N–H and O–H groups in total. The number of nitro groups is 1. The summed E-state index contributed by atoms with van der Waals surface area (Å²) < 4.78 is 5.63. The highest BCUT2D eigenvalue weighted by Gasteiger charge is 2.07. The maximum atomic E-state index is 12.1. The Morgan fingerprint density at radius 2 is 1.83 bits per heavy atom. The van der Waals surface area contributed by atoms with Crippen LogP contribution in [0.4, 0.5) is 5.69 Å². The van der Waals surface area contributed by atoms with Crippen molar-refractivity contribution >= 4 is 23.6 Å². The molecule has 0 spiro atoms. The highest BCUT2D eigenvalue weighted by Crippen LogP contribution is 2.14. The van der Waals surface area contributed by atoms with Crippen molar-refractivity contribution in [1.29, 1.82) is 0 Å². The van der Waals surface area contributed by atoms with Crippen molar-refractivity contribution in [3.05, 3.63) is 75.8 Å². The van der Waals surface area contributed by atoms with Crippen LogP contribution in [0.25, 0.3) is 6.08 Å². The molecule has 8 nitrogen and oxygen atoms in total. The van der Waals surface area contributed by atoms with E-state index >= 15 is 0 Å². The van der Waals surface area contributed by atoms with Gasteiger partial charge in [0, 0.05) is 23.8 Å². The van der Waals surface area contributed by atoms with Gasteiger partial charge in [0.15, 0.2) is 0 Å². The van der Waals surface area contributed by atoms with Gasteiger partial charge in [0.05, 0.1) is 11.5 Å². The highest BCUT2D eigenvalue weighted by molar-refractivity contribution is 5.98. The molecule has 0 aliphatic rings. The second-order valence-corrected chi connectivity index (χ2v) is 6.56. The lowest BCUT2D eigenvalue weighted by Crippen LogP contribution is -2.40. The molecule has 0 aromatic heterocycles. The normalized spacial score (nSPS) is 10.6. The predicted molar refractivity (Wildman–Crippen MR) is 114 cm³/mol. The molecule has 2 aromatic carbocycles. The van der Waals surface area contributed by atoms with Gasteiger partial charge in [-0.15, -0.1) is 0 Å². The quantitative estimate of drug-likeness (QED) is 0.265. The summed E-state index contributed by atoms with van der Waals surface area (Å²) in [6.45, 7) is 2.79. The summed E-state index contributed by atoms with van der Waals surface area (Å²) in [5.41, 5.74) is 5.38. The van der Waals surface area contributed by atoms with Gasteiger partial charge in [0.2, 0.25) is 0 Å². The van der Waals surface area contributed by atoms with Crippen molar-refractivity contribution in [3.63, 3.8) is 0 Å². The van der Waals surface area contributed by atoms with Crippen molar-refractivity contribution in [2.24, 2.45) is 0 Å². The predicted octanol–water partition coefficient (Wildman–Crippen LogP) is 4.03. The van der Waals surface area contributed by atoms with Crippen molar-refractivity contribution in [3.8, 4) is 5.75 Å². The van der Waals surface area contributed by atoms with Crippen LogP contribution >= 0.6 is 0 Å². The molecule has 0 unspecified atom stereocenters. The Hall–Kier alpha value is -3.68. The number of hydrazine groups is 1. The monoisotopic (exact) mass is 411 g/mol. The van der Waals surface area contributed by atoms with Gasteiger partial charge in [-0.25, -0.2) is 0 Å². The molecule has 2 rings (SSSR count). The van der Waals surface area contributed by atoms with Crippen molar-refractivity contribution in [2.45, 2.75) is 32.6 Å². The molecule has 0 fully saturated rings. The van der Waals surface area contributed by atoms with E-state index < -0.39 is 16.7 Å². The van der Waals surface area contributed by atoms with Gasteiger partial charge < -0.3 is 4.74 Å². The van der Waals surface area contributed by atoms with Gasteiger partial charge in [-0.05, 0) is 42.3 Å². The summed E-state index contributed by atoms with van der Waals surface area (Å²) in [5.74, 6) is -0.351. The lowest BCUT2D eigenvalue weighted by Gasteiger charge is -2.08. The van der Waals surface area contributed by atoms with Crippen LogP contribution in [0.1, 0.15) is 48.5 Å². The smallest absolute Gasteiger partial charge is 0.270 e. The average molecular weight is 411 g/mol. The van der Waals surface area contributed by atoms with E-state index in [1.54, 1.807) is 30.3 Å². The lowest BCUT2D eigenvalue weighted by molar-refractivity contribution is -0.384. The van der Waals surface area contributed by atoms with Crippen LogP contribution in [0.15, 0.2) is 54.6 Å². The fourth-order valence-electron chi connectivity index (χ4n) is 2.57. The number of hydrogen-bond donors (Lipinski definition) is 2. The van der Waals surface area contributed by atoms with Gasteiger partial charge in [0.1, 0.15) is 5.75 Å². The lowest BCUT2D eigenvalue weighted by atomic mass is 10.2. The molecule has 0 radical (unpaired) electrons. The molecule has 0 saturated heterocycles. The summed E-state index contributed by atoms with van der Waals surface area (Å²) in [5, 5.41) is 10.8. The van der Waals surface area contributed by atoms with Crippen LogP contribution in [-0.2, 0) is 4.79 Å². The van der Waals surface area contributed by atoms with Gasteiger partial charge in [-0.2, -0.15) is 0 Å². The molecule has 0 aliphatic heterocycles. The number of ether oxygens (including phenoxy) is 1. The van der Waals surface area contributed by atoms with Gasteiger partial charge >= 0.3 is 0 Å². The van der Waals surface area contributed by atoms with Gasteiger partial charge in [0.25, 0.3) is 17.5 Å². The van der Waals surface area contributed by atoms with Gasteiger partial charge in [-0.1, -0.05) is 38.3 Å². The van der Waals surface area contributed by atoms with E-state index in [1.807, 2.05) is 0 Å². The van der Waals surface area contributed by atoms with E-state index in [-0.39, 0.29) is 5.69 Å². The first-order valence-electron chi connectivity index (χ1n) is 9.75. The molecule has 0 heterocycles. The van der Waals surface area contributed by atoms with E-state index in [4.69, 9.17) is 4.74 Å². The molecule has 0 saturated carbocycles. The molecule has 0 atom stereocenters. The summed E-state index contributed by atoms with van der Waals surface area (Å²) in [6, 6.07) is 12.5. The van der Waals surface area contributed by atoms with Crippen molar-refractivity contribution in [2.75, 3.05) is 6.61 Å². The first-order valence-corrected chi connectivity index (χ1v) is 9.75. The first-order chi connectivity index (χ1) is 14.5. The molecule has 30 heavy (non-hydrogen) atoms. The van der Waals surface area contributed by atoms with E-state index in [0.29, 0.717) is 23.5 Å². The Balaban J connectivity index is 1.78. The zero-order chi connectivity index (χ0) is 21.8. The van der Waals surface area contributed by atoms with E-state index in [2.05, 4.69) is 17.8 Å². The molecule has 8 heteroatoms.